The highest BCUT2D eigenvalue weighted by Gasteiger charge is 2.54. The number of piperidine rings is 1. The maximum atomic E-state index is 13.1. The molecule has 1 aliphatic carbocycles. The van der Waals surface area contributed by atoms with Crippen LogP contribution in [0, 0.1) is 0 Å². The van der Waals surface area contributed by atoms with Gasteiger partial charge in [-0.1, -0.05) is 65.8 Å². The summed E-state index contributed by atoms with van der Waals surface area (Å²) < 4.78 is 5.55. The maximum Gasteiger partial charge on any atom is 0.232 e. The van der Waals surface area contributed by atoms with Crippen molar-refractivity contribution in [2.75, 3.05) is 13.1 Å². The summed E-state index contributed by atoms with van der Waals surface area (Å²) in [5, 5.41) is 7.56. The van der Waals surface area contributed by atoms with Gasteiger partial charge in [-0.3, -0.25) is 9.69 Å². The summed E-state index contributed by atoms with van der Waals surface area (Å²) in [4.78, 5) is 15.6. The first-order valence-electron chi connectivity index (χ1n) is 10.8. The van der Waals surface area contributed by atoms with E-state index >= 15 is 0 Å². The highest BCUT2D eigenvalue weighted by Crippen LogP contribution is 2.48. The van der Waals surface area contributed by atoms with Crippen molar-refractivity contribution in [2.45, 2.75) is 43.7 Å². The van der Waals surface area contributed by atoms with Gasteiger partial charge in [0.1, 0.15) is 0 Å². The Labute approximate surface area is 177 Å². The molecule has 30 heavy (non-hydrogen) atoms. The molecule has 1 saturated heterocycles. The first-order valence-corrected chi connectivity index (χ1v) is 10.8. The van der Waals surface area contributed by atoms with Crippen molar-refractivity contribution in [1.82, 2.24) is 15.4 Å². The predicted molar refractivity (Wildman–Crippen MR) is 116 cm³/mol. The SMILES string of the molecule is O=C(NC1CCN(Cc2ccccc2)CC1)C1(c2cc(-c3ccccc3)on2)CC1. The lowest BCUT2D eigenvalue weighted by atomic mass is 9.98. The molecule has 5 heteroatoms. The van der Waals surface area contributed by atoms with Crippen LogP contribution in [0.25, 0.3) is 11.3 Å². The van der Waals surface area contributed by atoms with Crippen LogP contribution in [0.1, 0.15) is 36.9 Å². The van der Waals surface area contributed by atoms with Gasteiger partial charge in [-0.25, -0.2) is 0 Å². The van der Waals surface area contributed by atoms with Gasteiger partial charge in [-0.2, -0.15) is 0 Å². The zero-order valence-electron chi connectivity index (χ0n) is 17.1. The Bertz CT molecular complexity index is 988. The fourth-order valence-electron chi connectivity index (χ4n) is 4.36. The standard InChI is InChI=1S/C25H27N3O2/c29-24(26-21-11-15-28(16-12-21)18-19-7-3-1-4-8-19)25(13-14-25)23-17-22(30-27-23)20-9-5-2-6-10-20/h1-10,17,21H,11-16,18H2,(H,26,29). The predicted octanol–water partition coefficient (Wildman–Crippen LogP) is 4.15. The minimum Gasteiger partial charge on any atom is -0.356 e. The smallest absolute Gasteiger partial charge is 0.232 e. The number of hydrogen-bond donors (Lipinski definition) is 1. The molecule has 0 spiro atoms. The van der Waals surface area contributed by atoms with Crippen LogP contribution in [-0.2, 0) is 16.8 Å². The van der Waals surface area contributed by atoms with Gasteiger partial charge in [0.05, 0.1) is 11.1 Å². The highest BCUT2D eigenvalue weighted by atomic mass is 16.5. The van der Waals surface area contributed by atoms with Crippen LogP contribution in [0.15, 0.2) is 71.3 Å². The number of carbonyl (C=O) groups is 1. The van der Waals surface area contributed by atoms with E-state index in [0.29, 0.717) is 0 Å². The summed E-state index contributed by atoms with van der Waals surface area (Å²) in [6.07, 6.45) is 3.66. The Balaban J connectivity index is 1.18. The topological polar surface area (TPSA) is 58.4 Å². The monoisotopic (exact) mass is 401 g/mol. The lowest BCUT2D eigenvalue weighted by Crippen LogP contribution is -2.47. The number of nitrogens with one attached hydrogen (secondary N) is 1. The molecule has 1 N–H and O–H groups in total. The van der Waals surface area contributed by atoms with Crippen LogP contribution >= 0.6 is 0 Å². The molecule has 0 unspecified atom stereocenters. The Kier molecular flexibility index (Phi) is 5.13. The van der Waals surface area contributed by atoms with E-state index in [2.05, 4.69) is 45.7 Å². The Morgan fingerprint density at radius 3 is 2.37 bits per heavy atom. The zero-order valence-corrected chi connectivity index (χ0v) is 17.1. The van der Waals surface area contributed by atoms with E-state index in [9.17, 15) is 4.79 Å². The minimum absolute atomic E-state index is 0.108. The Morgan fingerprint density at radius 2 is 1.70 bits per heavy atom. The molecule has 1 amide bonds. The maximum absolute atomic E-state index is 13.1. The van der Waals surface area contributed by atoms with Crippen LogP contribution in [0.4, 0.5) is 0 Å². The molecule has 0 bridgehead atoms. The van der Waals surface area contributed by atoms with Gasteiger partial charge in [0.15, 0.2) is 5.76 Å². The number of rotatable bonds is 6. The molecular formula is C25H27N3O2. The quantitative estimate of drug-likeness (QED) is 0.674. The molecule has 5 rings (SSSR count). The van der Waals surface area contributed by atoms with Crippen LogP contribution in [0.3, 0.4) is 0 Å². The second-order valence-electron chi connectivity index (χ2n) is 8.53. The van der Waals surface area contributed by atoms with Gasteiger partial charge >= 0.3 is 0 Å². The molecule has 2 fully saturated rings. The van der Waals surface area contributed by atoms with Crippen LogP contribution in [-0.4, -0.2) is 35.1 Å². The molecule has 154 valence electrons. The van der Waals surface area contributed by atoms with E-state index in [4.69, 9.17) is 4.52 Å². The van der Waals surface area contributed by atoms with Gasteiger partial charge in [0.2, 0.25) is 5.91 Å². The van der Waals surface area contributed by atoms with E-state index in [0.717, 1.165) is 62.3 Å². The van der Waals surface area contributed by atoms with Crippen molar-refractivity contribution in [3.05, 3.63) is 78.0 Å². The number of amides is 1. The minimum atomic E-state index is -0.502. The molecular weight excluding hydrogens is 374 g/mol. The number of hydrogen-bond acceptors (Lipinski definition) is 4. The van der Waals surface area contributed by atoms with E-state index in [1.165, 1.54) is 5.56 Å². The summed E-state index contributed by atoms with van der Waals surface area (Å²) in [7, 11) is 0. The number of benzene rings is 2. The second kappa shape index (κ2) is 8.07. The molecule has 1 aromatic heterocycles. The molecule has 1 saturated carbocycles. The first kappa shape index (κ1) is 19.1. The lowest BCUT2D eigenvalue weighted by Gasteiger charge is -2.33. The zero-order chi connectivity index (χ0) is 20.4. The summed E-state index contributed by atoms with van der Waals surface area (Å²) in [5.41, 5.74) is 2.59. The third-order valence-electron chi connectivity index (χ3n) is 6.42. The van der Waals surface area contributed by atoms with Crippen molar-refractivity contribution in [2.24, 2.45) is 0 Å². The van der Waals surface area contributed by atoms with Crippen molar-refractivity contribution in [3.8, 4) is 11.3 Å². The fraction of sp³-hybridized carbons (Fsp3) is 0.360. The van der Waals surface area contributed by atoms with Gasteiger partial charge in [-0.05, 0) is 31.2 Å². The summed E-state index contributed by atoms with van der Waals surface area (Å²) in [5.74, 6) is 0.829. The summed E-state index contributed by atoms with van der Waals surface area (Å²) in [6, 6.07) is 22.7. The van der Waals surface area contributed by atoms with Crippen molar-refractivity contribution < 1.29 is 9.32 Å². The van der Waals surface area contributed by atoms with E-state index < -0.39 is 5.41 Å². The molecule has 2 aromatic carbocycles. The van der Waals surface area contributed by atoms with Crippen LogP contribution < -0.4 is 5.32 Å². The van der Waals surface area contributed by atoms with Crippen LogP contribution in [0.2, 0.25) is 0 Å². The average molecular weight is 402 g/mol. The highest BCUT2D eigenvalue weighted by molar-refractivity contribution is 5.91. The third-order valence-corrected chi connectivity index (χ3v) is 6.42. The third kappa shape index (κ3) is 3.90. The van der Waals surface area contributed by atoms with Gasteiger partial charge in [0, 0.05) is 37.3 Å². The molecule has 5 nitrogen and oxygen atoms in total. The molecule has 0 atom stereocenters. The number of aromatic nitrogens is 1. The Morgan fingerprint density at radius 1 is 1.03 bits per heavy atom. The first-order chi connectivity index (χ1) is 14.7. The lowest BCUT2D eigenvalue weighted by molar-refractivity contribution is -0.124. The average Bonchev–Trinajstić information content (AvgIpc) is 3.46. The largest absolute Gasteiger partial charge is 0.356 e. The summed E-state index contributed by atoms with van der Waals surface area (Å²) >= 11 is 0. The second-order valence-corrected chi connectivity index (χ2v) is 8.53. The van der Waals surface area contributed by atoms with Crippen molar-refractivity contribution in [1.29, 1.82) is 0 Å². The van der Waals surface area contributed by atoms with Gasteiger partial charge in [-0.15, -0.1) is 0 Å². The van der Waals surface area contributed by atoms with Crippen LogP contribution in [0.5, 0.6) is 0 Å². The van der Waals surface area contributed by atoms with Gasteiger partial charge in [0.25, 0.3) is 0 Å². The van der Waals surface area contributed by atoms with E-state index in [1.807, 2.05) is 36.4 Å². The number of nitrogens with zero attached hydrogens (tertiary/aromatic N) is 2. The van der Waals surface area contributed by atoms with Crippen molar-refractivity contribution in [3.63, 3.8) is 0 Å². The normalized spacial score (nSPS) is 18.8. The number of likely N-dealkylation sites (tertiary alicyclic amines) is 1. The summed E-state index contributed by atoms with van der Waals surface area (Å²) in [6.45, 7) is 3.00. The van der Waals surface area contributed by atoms with Crippen molar-refractivity contribution >= 4 is 5.91 Å². The number of carbonyl (C=O) groups excluding carboxylic acids is 1. The molecule has 2 heterocycles. The van der Waals surface area contributed by atoms with E-state index in [-0.39, 0.29) is 11.9 Å². The fourth-order valence-corrected chi connectivity index (χ4v) is 4.36. The Hall–Kier alpha value is -2.92. The molecule has 2 aliphatic rings. The van der Waals surface area contributed by atoms with E-state index in [1.54, 1.807) is 0 Å². The molecule has 0 radical (unpaired) electrons. The molecule has 3 aromatic rings. The molecule has 1 aliphatic heterocycles. The van der Waals surface area contributed by atoms with Gasteiger partial charge < -0.3 is 9.84 Å².